The van der Waals surface area contributed by atoms with Crippen molar-refractivity contribution in [2.24, 2.45) is 0 Å². The van der Waals surface area contributed by atoms with Crippen molar-refractivity contribution < 1.29 is 9.53 Å². The van der Waals surface area contributed by atoms with Crippen LogP contribution in [0.1, 0.15) is 16.7 Å². The van der Waals surface area contributed by atoms with E-state index in [2.05, 4.69) is 30.9 Å². The van der Waals surface area contributed by atoms with E-state index >= 15 is 0 Å². The lowest BCUT2D eigenvalue weighted by molar-refractivity contribution is -0.113. The first-order valence-corrected chi connectivity index (χ1v) is 10.8. The number of hydrogen-bond acceptors (Lipinski definition) is 8. The Labute approximate surface area is 189 Å². The molecule has 1 aromatic carbocycles. The van der Waals surface area contributed by atoms with Crippen LogP contribution in [0.4, 0.5) is 5.82 Å². The Bertz CT molecular complexity index is 1240. The molecule has 32 heavy (non-hydrogen) atoms. The minimum Gasteiger partial charge on any atom is -0.495 e. The summed E-state index contributed by atoms with van der Waals surface area (Å²) in [5.41, 5.74) is 4.03. The van der Waals surface area contributed by atoms with E-state index in [0.717, 1.165) is 22.4 Å². The fourth-order valence-electron chi connectivity index (χ4n) is 3.09. The van der Waals surface area contributed by atoms with Gasteiger partial charge in [-0.1, -0.05) is 23.9 Å². The molecule has 1 amide bonds. The molecule has 0 aliphatic heterocycles. The molecule has 0 radical (unpaired) electrons. The molecule has 164 valence electrons. The van der Waals surface area contributed by atoms with Gasteiger partial charge in [0.2, 0.25) is 11.1 Å². The van der Waals surface area contributed by atoms with Crippen molar-refractivity contribution in [3.8, 4) is 11.4 Å². The van der Waals surface area contributed by atoms with Crippen LogP contribution >= 0.6 is 11.8 Å². The molecular formula is C21H22N8O2S. The number of anilines is 1. The van der Waals surface area contributed by atoms with E-state index in [4.69, 9.17) is 4.74 Å². The second-order valence-corrected chi connectivity index (χ2v) is 7.98. The first-order chi connectivity index (χ1) is 15.5. The van der Waals surface area contributed by atoms with Gasteiger partial charge in [0.1, 0.15) is 11.6 Å². The Morgan fingerprint density at radius 3 is 2.94 bits per heavy atom. The number of amides is 1. The molecule has 0 saturated carbocycles. The number of nitrogens with one attached hydrogen (secondary N) is 1. The zero-order valence-electron chi connectivity index (χ0n) is 17.9. The van der Waals surface area contributed by atoms with Crippen LogP contribution < -0.4 is 10.1 Å². The molecule has 0 atom stereocenters. The number of aryl methyl sites for hydroxylation is 1. The summed E-state index contributed by atoms with van der Waals surface area (Å²) >= 11 is 1.27. The van der Waals surface area contributed by atoms with Gasteiger partial charge in [0.15, 0.2) is 0 Å². The van der Waals surface area contributed by atoms with E-state index in [-0.39, 0.29) is 11.7 Å². The highest BCUT2D eigenvalue weighted by Crippen LogP contribution is 2.22. The van der Waals surface area contributed by atoms with E-state index in [1.165, 1.54) is 11.8 Å². The smallest absolute Gasteiger partial charge is 0.235 e. The second-order valence-electron chi connectivity index (χ2n) is 7.04. The van der Waals surface area contributed by atoms with Gasteiger partial charge in [-0.2, -0.15) is 9.78 Å². The van der Waals surface area contributed by atoms with Crippen LogP contribution in [-0.2, 0) is 11.3 Å². The van der Waals surface area contributed by atoms with E-state index < -0.39 is 0 Å². The normalized spacial score (nSPS) is 10.8. The van der Waals surface area contributed by atoms with Crippen LogP contribution in [0.3, 0.4) is 0 Å². The largest absolute Gasteiger partial charge is 0.495 e. The van der Waals surface area contributed by atoms with E-state index in [1.54, 1.807) is 41.1 Å². The average Bonchev–Trinajstić information content (AvgIpc) is 3.44. The Hall–Kier alpha value is -3.73. The first kappa shape index (κ1) is 21.5. The van der Waals surface area contributed by atoms with Crippen LogP contribution in [0.25, 0.3) is 5.69 Å². The Kier molecular flexibility index (Phi) is 6.45. The van der Waals surface area contributed by atoms with Gasteiger partial charge >= 0.3 is 0 Å². The van der Waals surface area contributed by atoms with Crippen LogP contribution in [-0.4, -0.2) is 53.7 Å². The van der Waals surface area contributed by atoms with Crippen molar-refractivity contribution in [1.82, 2.24) is 35.0 Å². The number of hydrogen-bond donors (Lipinski definition) is 1. The number of pyridine rings is 1. The standard InChI is InChI=1S/C21H22N8O2S/c1-14-5-4-6-18(15(14)2)29-21(25-26-27-29)32-13-20(30)24-19-7-8-23-28(19)12-16-9-17(31-3)11-22-10-16/h4-11H,12-13H2,1-3H3,(H,24,30). The number of rotatable bonds is 8. The molecule has 3 aromatic heterocycles. The van der Waals surface area contributed by atoms with Crippen molar-refractivity contribution in [2.45, 2.75) is 25.5 Å². The Balaban J connectivity index is 1.41. The van der Waals surface area contributed by atoms with Crippen LogP contribution in [0.2, 0.25) is 0 Å². The highest BCUT2D eigenvalue weighted by Gasteiger charge is 2.15. The molecule has 0 fully saturated rings. The number of methoxy groups -OCH3 is 1. The van der Waals surface area contributed by atoms with Gasteiger partial charge in [0.25, 0.3) is 0 Å². The van der Waals surface area contributed by atoms with Crippen LogP contribution in [0.5, 0.6) is 5.75 Å². The maximum atomic E-state index is 12.6. The summed E-state index contributed by atoms with van der Waals surface area (Å²) in [6.07, 6.45) is 5.01. The highest BCUT2D eigenvalue weighted by atomic mass is 32.2. The second kappa shape index (κ2) is 9.60. The molecular weight excluding hydrogens is 428 g/mol. The van der Waals surface area contributed by atoms with E-state index in [9.17, 15) is 4.79 Å². The molecule has 0 bridgehead atoms. The average molecular weight is 451 g/mol. The predicted octanol–water partition coefficient (Wildman–Crippen LogP) is 2.66. The monoisotopic (exact) mass is 450 g/mol. The molecule has 4 rings (SSSR count). The van der Waals surface area contributed by atoms with Gasteiger partial charge in [-0.25, -0.2) is 4.68 Å². The van der Waals surface area contributed by atoms with Crippen LogP contribution in [0.15, 0.2) is 54.1 Å². The molecule has 1 N–H and O–H groups in total. The number of nitrogens with zero attached hydrogens (tertiary/aromatic N) is 7. The summed E-state index contributed by atoms with van der Waals surface area (Å²) in [7, 11) is 1.59. The summed E-state index contributed by atoms with van der Waals surface area (Å²) in [6.45, 7) is 4.51. The lowest BCUT2D eigenvalue weighted by Crippen LogP contribution is -2.18. The van der Waals surface area contributed by atoms with Gasteiger partial charge in [-0.05, 0) is 53.1 Å². The lowest BCUT2D eigenvalue weighted by Gasteiger charge is -2.10. The fraction of sp³-hybridized carbons (Fsp3) is 0.238. The minimum atomic E-state index is -0.184. The van der Waals surface area contributed by atoms with Gasteiger partial charge in [-0.3, -0.25) is 9.78 Å². The minimum absolute atomic E-state index is 0.150. The van der Waals surface area contributed by atoms with Crippen molar-refractivity contribution in [1.29, 1.82) is 0 Å². The van der Waals surface area contributed by atoms with Crippen molar-refractivity contribution in [3.05, 3.63) is 65.6 Å². The highest BCUT2D eigenvalue weighted by molar-refractivity contribution is 7.99. The van der Waals surface area contributed by atoms with Gasteiger partial charge in [0.05, 0.1) is 37.5 Å². The maximum Gasteiger partial charge on any atom is 0.235 e. The number of benzene rings is 1. The van der Waals surface area contributed by atoms with Crippen molar-refractivity contribution in [2.75, 3.05) is 18.2 Å². The van der Waals surface area contributed by atoms with E-state index in [0.29, 0.717) is 23.3 Å². The third kappa shape index (κ3) is 4.78. The van der Waals surface area contributed by atoms with Crippen molar-refractivity contribution >= 4 is 23.5 Å². The first-order valence-electron chi connectivity index (χ1n) is 9.82. The van der Waals surface area contributed by atoms with E-state index in [1.807, 2.05) is 38.1 Å². The quantitative estimate of drug-likeness (QED) is 0.408. The zero-order valence-corrected chi connectivity index (χ0v) is 18.7. The summed E-state index contributed by atoms with van der Waals surface area (Å²) in [5.74, 6) is 1.22. The summed E-state index contributed by atoms with van der Waals surface area (Å²) in [5, 5.41) is 19.7. The van der Waals surface area contributed by atoms with Gasteiger partial charge in [-0.15, -0.1) is 5.10 Å². The summed E-state index contributed by atoms with van der Waals surface area (Å²) < 4.78 is 8.56. The molecule has 0 spiro atoms. The molecule has 11 heteroatoms. The molecule has 3 heterocycles. The molecule has 0 unspecified atom stereocenters. The van der Waals surface area contributed by atoms with Gasteiger partial charge in [0, 0.05) is 12.3 Å². The Morgan fingerprint density at radius 2 is 2.09 bits per heavy atom. The number of aromatic nitrogens is 7. The SMILES string of the molecule is COc1cncc(Cn2nccc2NC(=O)CSc2nnnn2-c2cccc(C)c2C)c1. The maximum absolute atomic E-state index is 12.6. The number of thioether (sulfide) groups is 1. The molecule has 0 saturated heterocycles. The zero-order chi connectivity index (χ0) is 22.5. The molecule has 4 aromatic rings. The number of ether oxygens (including phenoxy) is 1. The number of tetrazole rings is 1. The predicted molar refractivity (Wildman–Crippen MR) is 120 cm³/mol. The molecule has 10 nitrogen and oxygen atoms in total. The number of carbonyl (C=O) groups excluding carboxylic acids is 1. The number of carbonyl (C=O) groups is 1. The fourth-order valence-corrected chi connectivity index (χ4v) is 3.78. The Morgan fingerprint density at radius 1 is 1.22 bits per heavy atom. The summed E-state index contributed by atoms with van der Waals surface area (Å²) in [4.78, 5) is 16.7. The summed E-state index contributed by atoms with van der Waals surface area (Å²) in [6, 6.07) is 9.57. The van der Waals surface area contributed by atoms with Crippen molar-refractivity contribution in [3.63, 3.8) is 0 Å². The lowest BCUT2D eigenvalue weighted by atomic mass is 10.1. The third-order valence-electron chi connectivity index (χ3n) is 4.90. The molecule has 0 aliphatic carbocycles. The van der Waals surface area contributed by atoms with Gasteiger partial charge < -0.3 is 10.1 Å². The topological polar surface area (TPSA) is 113 Å². The molecule has 0 aliphatic rings. The van der Waals surface area contributed by atoms with Crippen LogP contribution in [0, 0.1) is 13.8 Å². The third-order valence-corrected chi connectivity index (χ3v) is 5.82.